The quantitative estimate of drug-likeness (QED) is 0.602. The Morgan fingerprint density at radius 1 is 1.23 bits per heavy atom. The van der Waals surface area contributed by atoms with E-state index in [-0.39, 0.29) is 6.42 Å². The van der Waals surface area contributed by atoms with Crippen molar-refractivity contribution in [3.05, 3.63) is 45.9 Å². The molecule has 0 spiro atoms. The van der Waals surface area contributed by atoms with Gasteiger partial charge in [0.25, 0.3) is 9.84 Å². The van der Waals surface area contributed by atoms with E-state index in [0.29, 0.717) is 32.0 Å². The molecule has 1 N–H and O–H groups in total. The van der Waals surface area contributed by atoms with Gasteiger partial charge in [-0.25, -0.2) is 18.4 Å². The average Bonchev–Trinajstić information content (AvgIpc) is 3.27. The van der Waals surface area contributed by atoms with Crippen molar-refractivity contribution >= 4 is 43.5 Å². The third-order valence-electron chi connectivity index (χ3n) is 3.78. The van der Waals surface area contributed by atoms with E-state index in [9.17, 15) is 26.4 Å². The summed E-state index contributed by atoms with van der Waals surface area (Å²) in [6.07, 6.45) is -0.181. The highest BCUT2D eigenvalue weighted by atomic mass is 32.2. The minimum absolute atomic E-state index is 0.181. The van der Waals surface area contributed by atoms with Gasteiger partial charge in [0.15, 0.2) is 10.1 Å². The number of aryl methyl sites for hydroxylation is 1. The third kappa shape index (κ3) is 4.50. The molecule has 0 saturated carbocycles. The molecular weight excluding hydrogens is 461 g/mol. The van der Waals surface area contributed by atoms with Crippen LogP contribution < -0.4 is 5.32 Å². The number of benzene rings is 1. The lowest BCUT2D eigenvalue weighted by Crippen LogP contribution is -2.23. The van der Waals surface area contributed by atoms with Gasteiger partial charge in [-0.05, 0) is 24.6 Å². The number of aromatic nitrogens is 2. The van der Waals surface area contributed by atoms with Crippen molar-refractivity contribution in [2.45, 2.75) is 23.7 Å². The number of rotatable bonds is 5. The first-order valence-corrected chi connectivity index (χ1v) is 11.2. The highest BCUT2D eigenvalue weighted by Gasteiger charge is 2.46. The Morgan fingerprint density at radius 2 is 1.90 bits per heavy atom. The van der Waals surface area contributed by atoms with Crippen LogP contribution in [0.15, 0.2) is 34.5 Å². The molecule has 0 bridgehead atoms. The van der Waals surface area contributed by atoms with E-state index in [1.807, 2.05) is 6.07 Å². The summed E-state index contributed by atoms with van der Waals surface area (Å²) in [7, 11) is -5.43. The van der Waals surface area contributed by atoms with Gasteiger partial charge in [0.2, 0.25) is 5.91 Å². The van der Waals surface area contributed by atoms with Crippen LogP contribution in [0.25, 0.3) is 10.6 Å². The van der Waals surface area contributed by atoms with Gasteiger partial charge in [-0.2, -0.15) is 18.4 Å². The monoisotopic (exact) mass is 472 g/mol. The fraction of sp³-hybridized carbons (Fsp3) is 0.176. The van der Waals surface area contributed by atoms with Crippen LogP contribution in [0, 0.1) is 18.3 Å². The molecule has 2 aromatic heterocycles. The van der Waals surface area contributed by atoms with E-state index < -0.39 is 26.1 Å². The minimum atomic E-state index is -5.43. The number of nitrogens with one attached hydrogen (secondary N) is 1. The second-order valence-electron chi connectivity index (χ2n) is 5.90. The molecule has 0 fully saturated rings. The van der Waals surface area contributed by atoms with Crippen molar-refractivity contribution < 1.29 is 26.4 Å². The Balaban J connectivity index is 1.67. The number of carbonyl (C=O) groups is 1. The van der Waals surface area contributed by atoms with Crippen molar-refractivity contribution in [3.8, 4) is 16.6 Å². The number of hydrogen-bond acceptors (Lipinski definition) is 8. The second kappa shape index (κ2) is 8.13. The number of hydrogen-bond donors (Lipinski definition) is 1. The summed E-state index contributed by atoms with van der Waals surface area (Å²) in [4.78, 5) is 20.4. The molecule has 0 aliphatic heterocycles. The average molecular weight is 472 g/mol. The second-order valence-corrected chi connectivity index (χ2v) is 9.70. The normalized spacial score (nSPS) is 11.8. The third-order valence-corrected chi connectivity index (χ3v) is 7.12. The molecule has 156 valence electrons. The maximum Gasteiger partial charge on any atom is 0.501 e. The van der Waals surface area contributed by atoms with Crippen molar-refractivity contribution in [1.82, 2.24) is 9.97 Å². The Hall–Kier alpha value is -2.82. The van der Waals surface area contributed by atoms with Gasteiger partial charge in [0.05, 0.1) is 27.6 Å². The Kier molecular flexibility index (Phi) is 5.93. The predicted octanol–water partition coefficient (Wildman–Crippen LogP) is 3.92. The molecule has 3 aromatic rings. The summed E-state index contributed by atoms with van der Waals surface area (Å²) in [5.41, 5.74) is -3.84. The lowest BCUT2D eigenvalue weighted by atomic mass is 10.1. The van der Waals surface area contributed by atoms with Crippen LogP contribution in [0.3, 0.4) is 0 Å². The molecule has 3 rings (SSSR count). The van der Waals surface area contributed by atoms with Gasteiger partial charge in [0.1, 0.15) is 6.07 Å². The molecule has 0 unspecified atom stereocenters. The van der Waals surface area contributed by atoms with Crippen molar-refractivity contribution in [1.29, 1.82) is 5.26 Å². The van der Waals surface area contributed by atoms with Crippen LogP contribution in [0.5, 0.6) is 0 Å². The minimum Gasteiger partial charge on any atom is -0.302 e. The smallest absolute Gasteiger partial charge is 0.302 e. The van der Waals surface area contributed by atoms with E-state index in [4.69, 9.17) is 5.26 Å². The Bertz CT molecular complexity index is 1240. The first kappa shape index (κ1) is 21.9. The number of nitriles is 1. The maximum absolute atomic E-state index is 12.6. The number of amides is 1. The van der Waals surface area contributed by atoms with Gasteiger partial charge in [-0.3, -0.25) is 4.79 Å². The summed E-state index contributed by atoms with van der Waals surface area (Å²) in [6.45, 7) is 1.74. The number of anilines is 1. The first-order valence-electron chi connectivity index (χ1n) is 8.05. The maximum atomic E-state index is 12.6. The van der Waals surface area contributed by atoms with Crippen molar-refractivity contribution in [2.75, 3.05) is 5.32 Å². The number of sulfone groups is 1. The SMILES string of the molecule is Cc1nc(C#N)sc1-c1csc(NC(=O)Cc2ccc(S(=O)(=O)C(F)(F)F)cc2)n1. The molecule has 1 amide bonds. The number of carbonyl (C=O) groups excluding carboxylic acids is 1. The van der Waals surface area contributed by atoms with Crippen LogP contribution in [-0.2, 0) is 21.1 Å². The first-order chi connectivity index (χ1) is 14.0. The number of halogens is 3. The van der Waals surface area contributed by atoms with Crippen LogP contribution >= 0.6 is 22.7 Å². The molecule has 30 heavy (non-hydrogen) atoms. The Morgan fingerprint density at radius 3 is 2.47 bits per heavy atom. The fourth-order valence-electron chi connectivity index (χ4n) is 2.39. The lowest BCUT2D eigenvalue weighted by Gasteiger charge is -2.08. The molecule has 0 saturated heterocycles. The molecule has 0 aliphatic rings. The van der Waals surface area contributed by atoms with E-state index >= 15 is 0 Å². The van der Waals surface area contributed by atoms with Crippen LogP contribution in [0.2, 0.25) is 0 Å². The summed E-state index contributed by atoms with van der Waals surface area (Å²) >= 11 is 2.35. The zero-order valence-corrected chi connectivity index (χ0v) is 17.5. The van der Waals surface area contributed by atoms with Crippen LogP contribution in [-0.4, -0.2) is 29.8 Å². The molecule has 7 nitrogen and oxygen atoms in total. The van der Waals surface area contributed by atoms with Crippen molar-refractivity contribution in [3.63, 3.8) is 0 Å². The number of nitrogens with zero attached hydrogens (tertiary/aromatic N) is 3. The van der Waals surface area contributed by atoms with Gasteiger partial charge >= 0.3 is 5.51 Å². The molecule has 1 aromatic carbocycles. The zero-order chi connectivity index (χ0) is 22.1. The van der Waals surface area contributed by atoms with E-state index in [1.54, 1.807) is 12.3 Å². The van der Waals surface area contributed by atoms with E-state index in [1.165, 1.54) is 22.7 Å². The van der Waals surface area contributed by atoms with E-state index in [2.05, 4.69) is 15.3 Å². The predicted molar refractivity (Wildman–Crippen MR) is 105 cm³/mol. The lowest BCUT2D eigenvalue weighted by molar-refractivity contribution is -0.115. The zero-order valence-electron chi connectivity index (χ0n) is 15.0. The number of alkyl halides is 3. The highest BCUT2D eigenvalue weighted by Crippen LogP contribution is 2.32. The molecule has 13 heteroatoms. The highest BCUT2D eigenvalue weighted by molar-refractivity contribution is 7.92. The van der Waals surface area contributed by atoms with Gasteiger partial charge in [-0.1, -0.05) is 12.1 Å². The molecule has 2 heterocycles. The number of thiazole rings is 2. The summed E-state index contributed by atoms with van der Waals surface area (Å²) in [6, 6.07) is 5.88. The summed E-state index contributed by atoms with van der Waals surface area (Å²) < 4.78 is 60.4. The van der Waals surface area contributed by atoms with Gasteiger partial charge < -0.3 is 5.32 Å². The van der Waals surface area contributed by atoms with Gasteiger partial charge in [0, 0.05) is 5.38 Å². The molecule has 0 radical (unpaired) electrons. The molecular formula is C17H11F3N4O3S3. The Labute approximate surface area is 176 Å². The topological polar surface area (TPSA) is 113 Å². The van der Waals surface area contributed by atoms with Crippen LogP contribution in [0.1, 0.15) is 16.3 Å². The van der Waals surface area contributed by atoms with Crippen LogP contribution in [0.4, 0.5) is 18.3 Å². The largest absolute Gasteiger partial charge is 0.501 e. The fourth-order valence-corrected chi connectivity index (χ4v) is 4.76. The van der Waals surface area contributed by atoms with E-state index in [0.717, 1.165) is 24.3 Å². The summed E-state index contributed by atoms with van der Waals surface area (Å²) in [5.74, 6) is -0.471. The van der Waals surface area contributed by atoms with Crippen molar-refractivity contribution in [2.24, 2.45) is 0 Å². The molecule has 0 atom stereocenters. The molecule has 0 aliphatic carbocycles. The standard InChI is InChI=1S/C17H11F3N4O3S3/c1-9-15(29-14(7-21)22-9)12-8-28-16(23-12)24-13(25)6-10-2-4-11(5-3-10)30(26,27)17(18,19)20/h2-5,8H,6H2,1H3,(H,23,24,25). The van der Waals surface area contributed by atoms with Gasteiger partial charge in [-0.15, -0.1) is 22.7 Å². The summed E-state index contributed by atoms with van der Waals surface area (Å²) in [5, 5.41) is 13.8.